The maximum Gasteiger partial charge on any atom is 0.0430 e. The summed E-state index contributed by atoms with van der Waals surface area (Å²) >= 11 is 0. The third-order valence-electron chi connectivity index (χ3n) is 2.05. The predicted octanol–water partition coefficient (Wildman–Crippen LogP) is -2.24. The summed E-state index contributed by atoms with van der Waals surface area (Å²) in [6.07, 6.45) is 8.15. The zero-order valence-electron chi connectivity index (χ0n) is 24.5. The summed E-state index contributed by atoms with van der Waals surface area (Å²) in [5.41, 5.74) is 0. The van der Waals surface area contributed by atoms with Gasteiger partial charge < -0.3 is 60.0 Å². The molecule has 0 aliphatic carbocycles. The van der Waals surface area contributed by atoms with Crippen LogP contribution in [0.1, 0.15) is 107 Å². The van der Waals surface area contributed by atoms with Gasteiger partial charge in [-0.1, -0.05) is 53.4 Å². The predicted molar refractivity (Wildman–Crippen MR) is 136 cm³/mol. The molecule has 0 spiro atoms. The molecule has 0 unspecified atom stereocenters. The van der Waals surface area contributed by atoms with Crippen LogP contribution in [-0.2, 0) is 40.9 Å². The Kier molecular flexibility index (Phi) is 145. The quantitative estimate of drug-likeness (QED) is 0.191. The van der Waals surface area contributed by atoms with Crippen LogP contribution in [0.2, 0.25) is 0 Å². The standard InChI is InChI=1S/4C4H10O.4C2H4O2.Pb.Ti/c4*1-2-3-4-5;4*1-2(3)4;;/h4*5H,2-4H2,1H3;4*1H3,(H,3,4);;/p-4. The molecule has 0 aromatic rings. The summed E-state index contributed by atoms with van der Waals surface area (Å²) in [6, 6.07) is 0. The second kappa shape index (κ2) is 83.3. The Morgan fingerprint density at radius 1 is 0.447 bits per heavy atom. The second-order valence-corrected chi connectivity index (χ2v) is 6.27. The van der Waals surface area contributed by atoms with Gasteiger partial charge in [0.05, 0.1) is 0 Å². The van der Waals surface area contributed by atoms with E-state index in [1.54, 1.807) is 0 Å². The van der Waals surface area contributed by atoms with Gasteiger partial charge in [0.1, 0.15) is 0 Å². The minimum absolute atomic E-state index is 0. The SMILES string of the molecule is CC(=O)[O-].CC(=O)[O-].CC(=O)[O-].CC(=O)[O-].CCCCO.CCCCO.CCCCO.CCCCO.[Pb].[Ti]. The van der Waals surface area contributed by atoms with Gasteiger partial charge in [0.2, 0.25) is 0 Å². The first-order chi connectivity index (χ1) is 16.6. The van der Waals surface area contributed by atoms with E-state index in [0.29, 0.717) is 26.4 Å². The van der Waals surface area contributed by atoms with Crippen LogP contribution in [0.25, 0.3) is 0 Å². The molecule has 0 bridgehead atoms. The van der Waals surface area contributed by atoms with Crippen molar-refractivity contribution < 1.29 is 81.7 Å². The molecule has 0 fully saturated rings. The molecule has 4 radical (unpaired) electrons. The van der Waals surface area contributed by atoms with E-state index >= 15 is 0 Å². The van der Waals surface area contributed by atoms with Crippen molar-refractivity contribution in [3.63, 3.8) is 0 Å². The van der Waals surface area contributed by atoms with Crippen molar-refractivity contribution in [2.24, 2.45) is 0 Å². The summed E-state index contributed by atoms with van der Waals surface area (Å²) in [7, 11) is 0. The number of hydrogen-bond donors (Lipinski definition) is 4. The summed E-state index contributed by atoms with van der Waals surface area (Å²) in [5, 5.41) is 67.8. The zero-order valence-corrected chi connectivity index (χ0v) is 30.0. The van der Waals surface area contributed by atoms with E-state index in [0.717, 1.165) is 79.1 Å². The minimum Gasteiger partial charge on any atom is -0.550 e. The molecular weight excluding hydrogens is 735 g/mol. The first kappa shape index (κ1) is 66.0. The smallest absolute Gasteiger partial charge is 0.0430 e. The average Bonchev–Trinajstić information content (AvgIpc) is 2.70. The summed E-state index contributed by atoms with van der Waals surface area (Å²) < 4.78 is 0. The molecule has 14 heteroatoms. The fourth-order valence-corrected chi connectivity index (χ4v) is 0.632. The number of carboxylic acid groups (broad SMARTS) is 4. The fraction of sp³-hybridized carbons (Fsp3) is 0.833. The van der Waals surface area contributed by atoms with Crippen LogP contribution in [0.5, 0.6) is 0 Å². The number of aliphatic hydroxyl groups is 4. The van der Waals surface area contributed by atoms with Gasteiger partial charge in [-0.05, 0) is 53.4 Å². The van der Waals surface area contributed by atoms with Crippen LogP contribution < -0.4 is 20.4 Å². The molecule has 0 saturated carbocycles. The molecule has 232 valence electrons. The number of carbonyl (C=O) groups is 4. The van der Waals surface area contributed by atoms with Crippen molar-refractivity contribution in [2.75, 3.05) is 26.4 Å². The molecular formula is C24H52O12PbTi-4. The van der Waals surface area contributed by atoms with E-state index in [4.69, 9.17) is 60.0 Å². The summed E-state index contributed by atoms with van der Waals surface area (Å²) in [4.78, 5) is 35.6. The summed E-state index contributed by atoms with van der Waals surface area (Å²) in [5.74, 6) is -4.33. The number of hydrogen-bond acceptors (Lipinski definition) is 12. The minimum atomic E-state index is -1.08. The van der Waals surface area contributed by atoms with Gasteiger partial charge in [-0.25, -0.2) is 0 Å². The number of aliphatic carboxylic acids is 4. The van der Waals surface area contributed by atoms with Gasteiger partial charge in [0, 0.05) is 99.3 Å². The van der Waals surface area contributed by atoms with Gasteiger partial charge in [-0.3, -0.25) is 0 Å². The van der Waals surface area contributed by atoms with Crippen molar-refractivity contribution in [1.29, 1.82) is 0 Å². The summed E-state index contributed by atoms with van der Waals surface area (Å²) in [6.45, 7) is 13.5. The Morgan fingerprint density at radius 2 is 0.526 bits per heavy atom. The Balaban J connectivity index is -0.0000000293. The van der Waals surface area contributed by atoms with Gasteiger partial charge in [0.25, 0.3) is 0 Å². The molecule has 38 heavy (non-hydrogen) atoms. The molecule has 0 heterocycles. The average molecular weight is 788 g/mol. The number of aliphatic hydroxyl groups excluding tert-OH is 4. The molecule has 12 nitrogen and oxygen atoms in total. The van der Waals surface area contributed by atoms with Crippen LogP contribution in [0.4, 0.5) is 0 Å². The van der Waals surface area contributed by atoms with Crippen molar-refractivity contribution >= 4 is 51.2 Å². The third kappa shape index (κ3) is 771. The monoisotopic (exact) mass is 788 g/mol. The number of unbranched alkanes of at least 4 members (excludes halogenated alkanes) is 4. The Labute approximate surface area is 264 Å². The van der Waals surface area contributed by atoms with Crippen molar-refractivity contribution in [2.45, 2.75) is 107 Å². The normalized spacial score (nSPS) is 7.05. The van der Waals surface area contributed by atoms with Crippen LogP contribution in [0.15, 0.2) is 0 Å². The van der Waals surface area contributed by atoms with Crippen LogP contribution in [-0.4, -0.2) is 98.0 Å². The molecule has 0 amide bonds. The number of rotatable bonds is 8. The van der Waals surface area contributed by atoms with E-state index in [9.17, 15) is 0 Å². The van der Waals surface area contributed by atoms with Crippen molar-refractivity contribution in [3.8, 4) is 0 Å². The van der Waals surface area contributed by atoms with E-state index in [1.165, 1.54) is 0 Å². The molecule has 0 aromatic heterocycles. The second-order valence-electron chi connectivity index (χ2n) is 6.27. The van der Waals surface area contributed by atoms with E-state index in [1.807, 2.05) is 0 Å². The molecule has 0 aromatic carbocycles. The largest absolute Gasteiger partial charge is 0.550 e. The zero-order chi connectivity index (χ0) is 30.8. The molecule has 0 aliphatic rings. The fourth-order valence-electron chi connectivity index (χ4n) is 0.632. The Bertz CT molecular complexity index is 307. The van der Waals surface area contributed by atoms with Crippen LogP contribution >= 0.6 is 0 Å². The van der Waals surface area contributed by atoms with Gasteiger partial charge >= 0.3 is 0 Å². The van der Waals surface area contributed by atoms with E-state index < -0.39 is 23.9 Å². The van der Waals surface area contributed by atoms with E-state index in [2.05, 4.69) is 27.7 Å². The molecule has 0 saturated heterocycles. The Hall–Kier alpha value is -0.644. The molecule has 4 N–H and O–H groups in total. The van der Waals surface area contributed by atoms with Crippen LogP contribution in [0, 0.1) is 0 Å². The van der Waals surface area contributed by atoms with Crippen LogP contribution in [0.3, 0.4) is 0 Å². The molecule has 0 atom stereocenters. The molecule has 0 rings (SSSR count). The van der Waals surface area contributed by atoms with Gasteiger partial charge in [0.15, 0.2) is 0 Å². The number of carbonyl (C=O) groups excluding carboxylic acids is 4. The van der Waals surface area contributed by atoms with Crippen molar-refractivity contribution in [1.82, 2.24) is 0 Å². The van der Waals surface area contributed by atoms with Gasteiger partial charge in [-0.15, -0.1) is 0 Å². The first-order valence-electron chi connectivity index (χ1n) is 11.7. The van der Waals surface area contributed by atoms with Crippen molar-refractivity contribution in [3.05, 3.63) is 0 Å². The third-order valence-corrected chi connectivity index (χ3v) is 2.05. The maximum absolute atomic E-state index is 8.89. The van der Waals surface area contributed by atoms with Gasteiger partial charge in [-0.2, -0.15) is 0 Å². The molecule has 0 aliphatic heterocycles. The Morgan fingerprint density at radius 3 is 0.526 bits per heavy atom. The first-order valence-corrected chi connectivity index (χ1v) is 11.7. The number of carboxylic acids is 4. The topological polar surface area (TPSA) is 241 Å². The van der Waals surface area contributed by atoms with E-state index in [-0.39, 0.29) is 49.0 Å². The maximum atomic E-state index is 8.89.